The summed E-state index contributed by atoms with van der Waals surface area (Å²) in [6.07, 6.45) is 2.63. The maximum Gasteiger partial charge on any atom is 0.254 e. The smallest absolute Gasteiger partial charge is 0.254 e. The topological polar surface area (TPSA) is 53.0 Å². The largest absolute Gasteiger partial charge is 0.395 e. The number of benzene rings is 1. The van der Waals surface area contributed by atoms with Crippen molar-refractivity contribution >= 4 is 5.91 Å². The zero-order valence-corrected chi connectivity index (χ0v) is 14.6. The summed E-state index contributed by atoms with van der Waals surface area (Å²) in [5.74, 6) is 0.0340. The summed E-state index contributed by atoms with van der Waals surface area (Å²) >= 11 is 0. The minimum Gasteiger partial charge on any atom is -0.395 e. The van der Waals surface area contributed by atoms with E-state index in [-0.39, 0.29) is 24.7 Å². The van der Waals surface area contributed by atoms with Gasteiger partial charge in [0, 0.05) is 37.8 Å². The summed E-state index contributed by atoms with van der Waals surface area (Å²) in [5.41, 5.74) is 1.93. The van der Waals surface area contributed by atoms with Gasteiger partial charge in [-0.05, 0) is 44.4 Å². The van der Waals surface area contributed by atoms with Gasteiger partial charge in [0.15, 0.2) is 0 Å². The Morgan fingerprint density at radius 1 is 1.21 bits per heavy atom. The van der Waals surface area contributed by atoms with Crippen LogP contribution in [0, 0.1) is 0 Å². The van der Waals surface area contributed by atoms with Gasteiger partial charge < -0.3 is 14.7 Å². The number of rotatable bonds is 6. The number of nitrogens with zero attached hydrogens (tertiary/aromatic N) is 2. The van der Waals surface area contributed by atoms with Crippen LogP contribution in [0.5, 0.6) is 0 Å². The molecule has 1 amide bonds. The standard InChI is InChI=1S/C19H28N2O3/c1-14-11-20(12-15(2)24-14)13-16-3-5-17(6-4-16)19(23)21(9-10-22)18-7-8-18/h3-6,14-15,18,22H,7-13H2,1-2H3. The van der Waals surface area contributed by atoms with Crippen LogP contribution in [0.2, 0.25) is 0 Å². The molecule has 0 bridgehead atoms. The monoisotopic (exact) mass is 332 g/mol. The first-order valence-corrected chi connectivity index (χ1v) is 8.95. The van der Waals surface area contributed by atoms with E-state index in [1.165, 1.54) is 5.56 Å². The lowest BCUT2D eigenvalue weighted by Crippen LogP contribution is -2.44. The average molecular weight is 332 g/mol. The van der Waals surface area contributed by atoms with E-state index in [0.29, 0.717) is 18.2 Å². The molecule has 3 rings (SSSR count). The summed E-state index contributed by atoms with van der Waals surface area (Å²) in [7, 11) is 0. The van der Waals surface area contributed by atoms with Gasteiger partial charge in [0.1, 0.15) is 0 Å². The molecular weight excluding hydrogens is 304 g/mol. The van der Waals surface area contributed by atoms with Crippen molar-refractivity contribution in [3.63, 3.8) is 0 Å². The third-order valence-electron chi connectivity index (χ3n) is 4.69. The maximum absolute atomic E-state index is 12.6. The van der Waals surface area contributed by atoms with E-state index in [9.17, 15) is 4.79 Å². The number of hydrogen-bond donors (Lipinski definition) is 1. The lowest BCUT2D eigenvalue weighted by Gasteiger charge is -2.35. The third-order valence-corrected chi connectivity index (χ3v) is 4.69. The van der Waals surface area contributed by atoms with Crippen LogP contribution in [-0.2, 0) is 11.3 Å². The van der Waals surface area contributed by atoms with E-state index >= 15 is 0 Å². The van der Waals surface area contributed by atoms with Crippen LogP contribution < -0.4 is 0 Å². The second kappa shape index (κ2) is 7.64. The molecule has 1 saturated carbocycles. The van der Waals surface area contributed by atoms with Crippen LogP contribution in [0.1, 0.15) is 42.6 Å². The summed E-state index contributed by atoms with van der Waals surface area (Å²) in [6, 6.07) is 8.24. The van der Waals surface area contributed by atoms with Gasteiger partial charge in [0.2, 0.25) is 0 Å². The van der Waals surface area contributed by atoms with E-state index in [4.69, 9.17) is 9.84 Å². The van der Waals surface area contributed by atoms with Crippen molar-refractivity contribution in [3.8, 4) is 0 Å². The average Bonchev–Trinajstić information content (AvgIpc) is 3.36. The molecule has 1 aromatic rings. The molecule has 2 aliphatic rings. The number of hydrogen-bond acceptors (Lipinski definition) is 4. The predicted molar refractivity (Wildman–Crippen MR) is 92.9 cm³/mol. The van der Waals surface area contributed by atoms with Gasteiger partial charge in [-0.25, -0.2) is 0 Å². The Balaban J connectivity index is 1.61. The quantitative estimate of drug-likeness (QED) is 0.864. The highest BCUT2D eigenvalue weighted by atomic mass is 16.5. The molecule has 1 heterocycles. The lowest BCUT2D eigenvalue weighted by atomic mass is 10.1. The zero-order valence-electron chi connectivity index (χ0n) is 14.6. The van der Waals surface area contributed by atoms with Gasteiger partial charge in [-0.2, -0.15) is 0 Å². The first-order chi connectivity index (χ1) is 11.6. The van der Waals surface area contributed by atoms with Crippen LogP contribution in [0.3, 0.4) is 0 Å². The van der Waals surface area contributed by atoms with Crippen LogP contribution in [-0.4, -0.2) is 65.3 Å². The van der Waals surface area contributed by atoms with Crippen molar-refractivity contribution in [1.82, 2.24) is 9.80 Å². The number of aliphatic hydroxyl groups is 1. The highest BCUT2D eigenvalue weighted by Crippen LogP contribution is 2.28. The number of ether oxygens (including phenoxy) is 1. The van der Waals surface area contributed by atoms with Crippen LogP contribution in [0.4, 0.5) is 0 Å². The van der Waals surface area contributed by atoms with Gasteiger partial charge in [0.05, 0.1) is 18.8 Å². The Morgan fingerprint density at radius 2 is 1.83 bits per heavy atom. The Hall–Kier alpha value is -1.43. The van der Waals surface area contributed by atoms with Gasteiger partial charge in [-0.3, -0.25) is 9.69 Å². The van der Waals surface area contributed by atoms with Crippen LogP contribution >= 0.6 is 0 Å². The molecule has 1 saturated heterocycles. The number of aliphatic hydroxyl groups excluding tert-OH is 1. The fraction of sp³-hybridized carbons (Fsp3) is 0.632. The van der Waals surface area contributed by atoms with E-state index in [1.807, 2.05) is 24.3 Å². The molecule has 5 nitrogen and oxygen atoms in total. The van der Waals surface area contributed by atoms with Crippen molar-refractivity contribution in [2.75, 3.05) is 26.2 Å². The Bertz CT molecular complexity index is 546. The first-order valence-electron chi connectivity index (χ1n) is 8.95. The van der Waals surface area contributed by atoms with Gasteiger partial charge in [-0.1, -0.05) is 12.1 Å². The molecule has 1 N–H and O–H groups in total. The van der Waals surface area contributed by atoms with Gasteiger partial charge in [0.25, 0.3) is 5.91 Å². The third kappa shape index (κ3) is 4.35. The Morgan fingerprint density at radius 3 is 2.38 bits per heavy atom. The first kappa shape index (κ1) is 17.4. The van der Waals surface area contributed by atoms with E-state index in [1.54, 1.807) is 4.90 Å². The number of amides is 1. The SMILES string of the molecule is CC1CN(Cc2ccc(C(=O)N(CCO)C3CC3)cc2)CC(C)O1. The molecule has 0 spiro atoms. The molecule has 0 aromatic heterocycles. The molecule has 2 fully saturated rings. The number of carbonyl (C=O) groups is 1. The van der Waals surface area contributed by atoms with E-state index in [2.05, 4.69) is 18.7 Å². The Labute approximate surface area is 144 Å². The molecule has 1 aromatic carbocycles. The minimum absolute atomic E-state index is 0.0216. The Kier molecular flexibility index (Phi) is 5.54. The van der Waals surface area contributed by atoms with Crippen LogP contribution in [0.15, 0.2) is 24.3 Å². The van der Waals surface area contributed by atoms with Gasteiger partial charge >= 0.3 is 0 Å². The molecule has 1 aliphatic carbocycles. The van der Waals surface area contributed by atoms with Crippen molar-refractivity contribution < 1.29 is 14.6 Å². The molecule has 0 radical (unpaired) electrons. The van der Waals surface area contributed by atoms with Crippen molar-refractivity contribution in [3.05, 3.63) is 35.4 Å². The molecule has 1 aliphatic heterocycles. The number of carbonyl (C=O) groups excluding carboxylic acids is 1. The summed E-state index contributed by atoms with van der Waals surface area (Å²) in [4.78, 5) is 16.8. The minimum atomic E-state index is 0.0216. The normalized spacial score (nSPS) is 24.8. The molecule has 132 valence electrons. The highest BCUT2D eigenvalue weighted by molar-refractivity contribution is 5.94. The summed E-state index contributed by atoms with van der Waals surface area (Å²) < 4.78 is 5.77. The summed E-state index contributed by atoms with van der Waals surface area (Å²) in [5, 5.41) is 9.17. The summed E-state index contributed by atoms with van der Waals surface area (Å²) in [6.45, 7) is 7.43. The van der Waals surface area contributed by atoms with E-state index < -0.39 is 0 Å². The predicted octanol–water partition coefficient (Wildman–Crippen LogP) is 1.89. The maximum atomic E-state index is 12.6. The highest BCUT2D eigenvalue weighted by Gasteiger charge is 2.32. The fourth-order valence-corrected chi connectivity index (χ4v) is 3.53. The number of morpholine rings is 1. The second-order valence-electron chi connectivity index (χ2n) is 7.10. The fourth-order valence-electron chi connectivity index (χ4n) is 3.53. The molecule has 2 atom stereocenters. The van der Waals surface area contributed by atoms with Gasteiger partial charge in [-0.15, -0.1) is 0 Å². The van der Waals surface area contributed by atoms with Crippen LogP contribution in [0.25, 0.3) is 0 Å². The van der Waals surface area contributed by atoms with E-state index in [0.717, 1.165) is 32.5 Å². The second-order valence-corrected chi connectivity index (χ2v) is 7.10. The van der Waals surface area contributed by atoms with Crippen molar-refractivity contribution in [2.45, 2.75) is 51.5 Å². The molecular formula is C19H28N2O3. The molecule has 5 heteroatoms. The molecule has 2 unspecified atom stereocenters. The zero-order chi connectivity index (χ0) is 17.1. The molecule has 24 heavy (non-hydrogen) atoms. The lowest BCUT2D eigenvalue weighted by molar-refractivity contribution is -0.0704. The van der Waals surface area contributed by atoms with Crippen molar-refractivity contribution in [2.24, 2.45) is 0 Å². The van der Waals surface area contributed by atoms with Crippen molar-refractivity contribution in [1.29, 1.82) is 0 Å².